The largest absolute Gasteiger partial charge is 0.493 e. The van der Waals surface area contributed by atoms with Crippen LogP contribution in [0.3, 0.4) is 0 Å². The minimum absolute atomic E-state index is 0.0468. The Hall–Kier alpha value is -2.42. The van der Waals surface area contributed by atoms with Gasteiger partial charge >= 0.3 is 12.4 Å². The Morgan fingerprint density at radius 2 is 1.68 bits per heavy atom. The SMILES string of the molecule is COc1cc(CNC(C)c2cccc(C(F)(F)F)c2)ccc1OCC(F)(F)F. The highest BCUT2D eigenvalue weighted by atomic mass is 19.4. The highest BCUT2D eigenvalue weighted by Gasteiger charge is 2.31. The molecule has 0 fully saturated rings. The van der Waals surface area contributed by atoms with Gasteiger partial charge in [0.1, 0.15) is 0 Å². The molecule has 0 radical (unpaired) electrons. The van der Waals surface area contributed by atoms with Gasteiger partial charge in [0.05, 0.1) is 12.7 Å². The van der Waals surface area contributed by atoms with Crippen molar-refractivity contribution in [2.75, 3.05) is 13.7 Å². The Morgan fingerprint density at radius 1 is 0.964 bits per heavy atom. The lowest BCUT2D eigenvalue weighted by molar-refractivity contribution is -0.153. The highest BCUT2D eigenvalue weighted by molar-refractivity contribution is 5.43. The van der Waals surface area contributed by atoms with Crippen LogP contribution in [0.25, 0.3) is 0 Å². The molecule has 9 heteroatoms. The molecule has 0 spiro atoms. The highest BCUT2D eigenvalue weighted by Crippen LogP contribution is 2.32. The van der Waals surface area contributed by atoms with Gasteiger partial charge in [0.15, 0.2) is 18.1 Å². The molecule has 1 unspecified atom stereocenters. The number of hydrogen-bond acceptors (Lipinski definition) is 3. The summed E-state index contributed by atoms with van der Waals surface area (Å²) >= 11 is 0. The lowest BCUT2D eigenvalue weighted by atomic mass is 10.0. The Labute approximate surface area is 158 Å². The van der Waals surface area contributed by atoms with Crippen molar-refractivity contribution in [1.82, 2.24) is 5.32 Å². The summed E-state index contributed by atoms with van der Waals surface area (Å²) in [5.74, 6) is 0.0878. The molecule has 28 heavy (non-hydrogen) atoms. The van der Waals surface area contributed by atoms with E-state index in [0.717, 1.165) is 12.1 Å². The van der Waals surface area contributed by atoms with Gasteiger partial charge in [0.25, 0.3) is 0 Å². The molecule has 1 atom stereocenters. The Bertz CT molecular complexity index is 789. The lowest BCUT2D eigenvalue weighted by Crippen LogP contribution is -2.20. The Morgan fingerprint density at radius 3 is 2.29 bits per heavy atom. The summed E-state index contributed by atoms with van der Waals surface area (Å²) in [4.78, 5) is 0. The second-order valence-electron chi connectivity index (χ2n) is 6.11. The first-order valence-corrected chi connectivity index (χ1v) is 8.26. The number of benzene rings is 2. The first-order chi connectivity index (χ1) is 13.0. The zero-order valence-corrected chi connectivity index (χ0v) is 15.1. The predicted octanol–water partition coefficient (Wildman–Crippen LogP) is 5.51. The normalized spacial score (nSPS) is 13.3. The van der Waals surface area contributed by atoms with Crippen LogP contribution >= 0.6 is 0 Å². The molecule has 0 saturated heterocycles. The first kappa shape index (κ1) is 21.9. The molecule has 0 aliphatic rings. The van der Waals surface area contributed by atoms with Gasteiger partial charge in [-0.15, -0.1) is 0 Å². The van der Waals surface area contributed by atoms with E-state index in [1.165, 1.54) is 25.3 Å². The zero-order valence-electron chi connectivity index (χ0n) is 15.1. The second-order valence-corrected chi connectivity index (χ2v) is 6.11. The van der Waals surface area contributed by atoms with Crippen LogP contribution in [-0.2, 0) is 12.7 Å². The van der Waals surface area contributed by atoms with E-state index in [2.05, 4.69) is 5.32 Å². The summed E-state index contributed by atoms with van der Waals surface area (Å²) in [5.41, 5.74) is 0.411. The number of alkyl halides is 6. The Kier molecular flexibility index (Phi) is 6.82. The molecule has 0 aliphatic heterocycles. The van der Waals surface area contributed by atoms with Crippen LogP contribution in [0.2, 0.25) is 0 Å². The van der Waals surface area contributed by atoms with Crippen LogP contribution < -0.4 is 14.8 Å². The molecular formula is C19H19F6NO2. The molecule has 0 amide bonds. The minimum Gasteiger partial charge on any atom is -0.493 e. The maximum absolute atomic E-state index is 12.8. The fourth-order valence-corrected chi connectivity index (χ4v) is 2.47. The van der Waals surface area contributed by atoms with Crippen LogP contribution in [0.1, 0.15) is 29.7 Å². The van der Waals surface area contributed by atoms with Gasteiger partial charge < -0.3 is 14.8 Å². The summed E-state index contributed by atoms with van der Waals surface area (Å²) < 4.78 is 85.1. The van der Waals surface area contributed by atoms with E-state index in [9.17, 15) is 26.3 Å². The fourth-order valence-electron chi connectivity index (χ4n) is 2.47. The van der Waals surface area contributed by atoms with Gasteiger partial charge in [-0.3, -0.25) is 0 Å². The van der Waals surface area contributed by atoms with E-state index >= 15 is 0 Å². The molecule has 0 aliphatic carbocycles. The third kappa shape index (κ3) is 6.33. The number of nitrogens with one attached hydrogen (secondary N) is 1. The van der Waals surface area contributed by atoms with E-state index in [4.69, 9.17) is 9.47 Å². The average molecular weight is 407 g/mol. The van der Waals surface area contributed by atoms with Crippen molar-refractivity contribution in [2.24, 2.45) is 0 Å². The molecular weight excluding hydrogens is 388 g/mol. The molecule has 154 valence electrons. The standard InChI is InChI=1S/C19H19F6NO2/c1-12(14-4-3-5-15(9-14)19(23,24)25)26-10-13-6-7-16(17(8-13)27-2)28-11-18(20,21)22/h3-9,12,26H,10-11H2,1-2H3. The molecule has 0 heterocycles. The summed E-state index contributed by atoms with van der Waals surface area (Å²) in [7, 11) is 1.30. The first-order valence-electron chi connectivity index (χ1n) is 8.26. The number of ether oxygens (including phenoxy) is 2. The van der Waals surface area contributed by atoms with Gasteiger partial charge in [-0.25, -0.2) is 0 Å². The monoisotopic (exact) mass is 407 g/mol. The van der Waals surface area contributed by atoms with Gasteiger partial charge in [0.2, 0.25) is 0 Å². The van der Waals surface area contributed by atoms with Crippen molar-refractivity contribution in [1.29, 1.82) is 0 Å². The van der Waals surface area contributed by atoms with Gasteiger partial charge in [-0.2, -0.15) is 26.3 Å². The summed E-state index contributed by atoms with van der Waals surface area (Å²) in [5, 5.41) is 3.08. The molecule has 2 aromatic rings. The molecule has 0 aromatic heterocycles. The van der Waals surface area contributed by atoms with E-state index in [1.807, 2.05) is 0 Å². The zero-order chi connectivity index (χ0) is 20.9. The summed E-state index contributed by atoms with van der Waals surface area (Å²) in [6.07, 6.45) is -8.89. The molecule has 2 rings (SSSR count). The van der Waals surface area contributed by atoms with Crippen molar-refractivity contribution in [3.8, 4) is 11.5 Å². The van der Waals surface area contributed by atoms with Crippen molar-refractivity contribution in [3.63, 3.8) is 0 Å². The maximum Gasteiger partial charge on any atom is 0.422 e. The lowest BCUT2D eigenvalue weighted by Gasteiger charge is -2.17. The summed E-state index contributed by atoms with van der Waals surface area (Å²) in [6.45, 7) is 0.550. The van der Waals surface area contributed by atoms with E-state index in [1.54, 1.807) is 19.1 Å². The minimum atomic E-state index is -4.47. The van der Waals surface area contributed by atoms with Crippen molar-refractivity contribution in [3.05, 3.63) is 59.2 Å². The summed E-state index contributed by atoms with van der Waals surface area (Å²) in [6, 6.07) is 9.05. The number of methoxy groups -OCH3 is 1. The Balaban J connectivity index is 2.04. The van der Waals surface area contributed by atoms with Crippen molar-refractivity contribution < 1.29 is 35.8 Å². The van der Waals surface area contributed by atoms with E-state index in [-0.39, 0.29) is 24.1 Å². The molecule has 2 aromatic carbocycles. The third-order valence-corrected chi connectivity index (χ3v) is 3.95. The topological polar surface area (TPSA) is 30.5 Å². The van der Waals surface area contributed by atoms with Crippen LogP contribution in [-0.4, -0.2) is 19.9 Å². The third-order valence-electron chi connectivity index (χ3n) is 3.95. The van der Waals surface area contributed by atoms with Crippen LogP contribution in [0.5, 0.6) is 11.5 Å². The second kappa shape index (κ2) is 8.72. The predicted molar refractivity (Wildman–Crippen MR) is 91.2 cm³/mol. The quantitative estimate of drug-likeness (QED) is 0.615. The maximum atomic E-state index is 12.8. The van der Waals surface area contributed by atoms with Gasteiger partial charge in [0, 0.05) is 12.6 Å². The van der Waals surface area contributed by atoms with Crippen LogP contribution in [0.15, 0.2) is 42.5 Å². The fraction of sp³-hybridized carbons (Fsp3) is 0.368. The van der Waals surface area contributed by atoms with Gasteiger partial charge in [-0.1, -0.05) is 18.2 Å². The van der Waals surface area contributed by atoms with E-state index in [0.29, 0.717) is 11.1 Å². The number of rotatable bonds is 7. The molecule has 1 N–H and O–H groups in total. The van der Waals surface area contributed by atoms with Crippen molar-refractivity contribution in [2.45, 2.75) is 31.9 Å². The molecule has 0 bridgehead atoms. The molecule has 0 saturated carbocycles. The van der Waals surface area contributed by atoms with Crippen LogP contribution in [0, 0.1) is 0 Å². The number of hydrogen-bond donors (Lipinski definition) is 1. The van der Waals surface area contributed by atoms with Crippen LogP contribution in [0.4, 0.5) is 26.3 Å². The molecule has 3 nitrogen and oxygen atoms in total. The van der Waals surface area contributed by atoms with Gasteiger partial charge in [-0.05, 0) is 42.3 Å². The van der Waals surface area contributed by atoms with Crippen molar-refractivity contribution >= 4 is 0 Å². The average Bonchev–Trinajstić information content (AvgIpc) is 2.63. The number of halogens is 6. The van der Waals surface area contributed by atoms with E-state index < -0.39 is 24.5 Å². The smallest absolute Gasteiger partial charge is 0.422 e.